The molecule has 0 saturated carbocycles. The molecule has 1 aliphatic rings. The SMILES string of the molecule is CCS(=O)(=O)N1CCN(CC(=O)Nc2c(Cl)cc(Cl)cc2C(=O)OC)CC1. The van der Waals surface area contributed by atoms with Crippen LogP contribution in [0.15, 0.2) is 12.1 Å². The van der Waals surface area contributed by atoms with Crippen LogP contribution in [0.2, 0.25) is 10.0 Å². The zero-order valence-corrected chi connectivity index (χ0v) is 17.3. The van der Waals surface area contributed by atoms with Crippen LogP contribution in [-0.4, -0.2) is 75.1 Å². The van der Waals surface area contributed by atoms with E-state index < -0.39 is 16.0 Å². The lowest BCUT2D eigenvalue weighted by Gasteiger charge is -2.33. The van der Waals surface area contributed by atoms with Gasteiger partial charge in [-0.2, -0.15) is 4.31 Å². The van der Waals surface area contributed by atoms with Gasteiger partial charge in [0.2, 0.25) is 15.9 Å². The Kier molecular flexibility index (Phi) is 7.47. The number of carbonyl (C=O) groups is 2. The van der Waals surface area contributed by atoms with E-state index in [0.29, 0.717) is 26.2 Å². The van der Waals surface area contributed by atoms with E-state index in [1.54, 1.807) is 6.92 Å². The Morgan fingerprint density at radius 1 is 1.19 bits per heavy atom. The van der Waals surface area contributed by atoms with E-state index in [2.05, 4.69) is 5.32 Å². The fraction of sp³-hybridized carbons (Fsp3) is 0.500. The third-order valence-corrected chi connectivity index (χ3v) is 6.58. The number of hydrogen-bond acceptors (Lipinski definition) is 6. The first-order valence-corrected chi connectivity index (χ1v) is 10.6. The van der Waals surface area contributed by atoms with Crippen molar-refractivity contribution in [2.24, 2.45) is 0 Å². The number of carbonyl (C=O) groups excluding carboxylic acids is 2. The molecular formula is C16H21Cl2N3O5S. The Bertz CT molecular complexity index is 824. The average molecular weight is 438 g/mol. The number of nitrogens with one attached hydrogen (secondary N) is 1. The van der Waals surface area contributed by atoms with Gasteiger partial charge < -0.3 is 10.1 Å². The molecule has 1 aromatic carbocycles. The molecule has 1 aromatic rings. The largest absolute Gasteiger partial charge is 0.465 e. The van der Waals surface area contributed by atoms with Crippen molar-refractivity contribution >= 4 is 50.8 Å². The van der Waals surface area contributed by atoms with Crippen molar-refractivity contribution in [3.05, 3.63) is 27.7 Å². The molecule has 1 fully saturated rings. The van der Waals surface area contributed by atoms with Crippen molar-refractivity contribution in [2.45, 2.75) is 6.92 Å². The first-order valence-electron chi connectivity index (χ1n) is 8.25. The molecule has 8 nitrogen and oxygen atoms in total. The number of anilines is 1. The van der Waals surface area contributed by atoms with Gasteiger partial charge in [0.25, 0.3) is 0 Å². The van der Waals surface area contributed by atoms with Crippen molar-refractivity contribution in [2.75, 3.05) is 50.9 Å². The summed E-state index contributed by atoms with van der Waals surface area (Å²) in [6, 6.07) is 2.78. The van der Waals surface area contributed by atoms with Crippen LogP contribution in [0.1, 0.15) is 17.3 Å². The van der Waals surface area contributed by atoms with Gasteiger partial charge in [0.15, 0.2) is 0 Å². The van der Waals surface area contributed by atoms with Gasteiger partial charge in [-0.25, -0.2) is 13.2 Å². The minimum atomic E-state index is -3.22. The number of rotatable bonds is 6. The standard InChI is InChI=1S/C16H21Cl2N3O5S/c1-3-27(24,25)21-6-4-20(5-7-21)10-14(22)19-15-12(16(23)26-2)8-11(17)9-13(15)18/h8-9H,3-7,10H2,1-2H3,(H,19,22). The van der Waals surface area contributed by atoms with Crippen LogP contribution in [0.3, 0.4) is 0 Å². The Morgan fingerprint density at radius 2 is 1.81 bits per heavy atom. The molecular weight excluding hydrogens is 417 g/mol. The Balaban J connectivity index is 2.02. The predicted octanol–water partition coefficient (Wildman–Crippen LogP) is 1.69. The van der Waals surface area contributed by atoms with Crippen LogP contribution < -0.4 is 5.32 Å². The second kappa shape index (κ2) is 9.20. The van der Waals surface area contributed by atoms with E-state index in [0.717, 1.165) is 0 Å². The minimum absolute atomic E-state index is 0.0413. The summed E-state index contributed by atoms with van der Waals surface area (Å²) in [4.78, 5) is 26.1. The Hall–Kier alpha value is -1.39. The fourth-order valence-corrected chi connectivity index (χ4v) is 4.33. The number of nitrogens with zero attached hydrogens (tertiary/aromatic N) is 2. The monoisotopic (exact) mass is 437 g/mol. The maximum atomic E-state index is 12.4. The molecule has 1 saturated heterocycles. The molecule has 0 aromatic heterocycles. The Morgan fingerprint density at radius 3 is 2.37 bits per heavy atom. The second-order valence-electron chi connectivity index (χ2n) is 5.93. The maximum absolute atomic E-state index is 12.4. The van der Waals surface area contributed by atoms with Crippen molar-refractivity contribution in [3.8, 4) is 0 Å². The van der Waals surface area contributed by atoms with Crippen molar-refractivity contribution in [1.82, 2.24) is 9.21 Å². The molecule has 0 aliphatic carbocycles. The number of benzene rings is 1. The molecule has 0 spiro atoms. The number of piperazine rings is 1. The number of hydrogen-bond donors (Lipinski definition) is 1. The topological polar surface area (TPSA) is 96.0 Å². The zero-order valence-electron chi connectivity index (χ0n) is 15.0. The summed E-state index contributed by atoms with van der Waals surface area (Å²) in [5.74, 6) is -0.997. The maximum Gasteiger partial charge on any atom is 0.340 e. The fourth-order valence-electron chi connectivity index (χ4n) is 2.70. The third kappa shape index (κ3) is 5.55. The van der Waals surface area contributed by atoms with Gasteiger partial charge in [-0.3, -0.25) is 9.69 Å². The third-order valence-electron chi connectivity index (χ3n) is 4.18. The van der Waals surface area contributed by atoms with E-state index in [9.17, 15) is 18.0 Å². The van der Waals surface area contributed by atoms with E-state index in [4.69, 9.17) is 27.9 Å². The highest BCUT2D eigenvalue weighted by molar-refractivity contribution is 7.89. The molecule has 11 heteroatoms. The normalized spacial score (nSPS) is 16.1. The number of methoxy groups -OCH3 is 1. The van der Waals surface area contributed by atoms with Crippen LogP contribution in [0.5, 0.6) is 0 Å². The highest BCUT2D eigenvalue weighted by Crippen LogP contribution is 2.30. The summed E-state index contributed by atoms with van der Waals surface area (Å²) in [6.07, 6.45) is 0. The number of ether oxygens (including phenoxy) is 1. The lowest BCUT2D eigenvalue weighted by atomic mass is 10.1. The molecule has 1 N–H and O–H groups in total. The first-order chi connectivity index (χ1) is 12.7. The number of sulfonamides is 1. The zero-order chi connectivity index (χ0) is 20.2. The highest BCUT2D eigenvalue weighted by Gasteiger charge is 2.27. The summed E-state index contributed by atoms with van der Waals surface area (Å²) in [6.45, 7) is 3.18. The van der Waals surface area contributed by atoms with Gasteiger partial charge in [0.1, 0.15) is 0 Å². The van der Waals surface area contributed by atoms with E-state index >= 15 is 0 Å². The van der Waals surface area contributed by atoms with Crippen LogP contribution in [0.25, 0.3) is 0 Å². The first kappa shape index (κ1) is 21.9. The number of amides is 1. The number of halogens is 2. The lowest BCUT2D eigenvalue weighted by molar-refractivity contribution is -0.117. The summed E-state index contributed by atoms with van der Waals surface area (Å²) >= 11 is 12.0. The van der Waals surface area contributed by atoms with Crippen molar-refractivity contribution in [1.29, 1.82) is 0 Å². The van der Waals surface area contributed by atoms with Gasteiger partial charge in [0.05, 0.1) is 35.7 Å². The molecule has 0 unspecified atom stereocenters. The summed E-state index contributed by atoms with van der Waals surface area (Å²) in [5, 5.41) is 2.98. The molecule has 2 rings (SSSR count). The van der Waals surface area contributed by atoms with E-state index in [1.807, 2.05) is 4.90 Å². The smallest absolute Gasteiger partial charge is 0.340 e. The lowest BCUT2D eigenvalue weighted by Crippen LogP contribution is -2.50. The second-order valence-corrected chi connectivity index (χ2v) is 9.03. The average Bonchev–Trinajstić information content (AvgIpc) is 2.63. The quantitative estimate of drug-likeness (QED) is 0.680. The molecule has 1 heterocycles. The van der Waals surface area contributed by atoms with Gasteiger partial charge >= 0.3 is 5.97 Å². The van der Waals surface area contributed by atoms with Gasteiger partial charge in [-0.15, -0.1) is 0 Å². The van der Waals surface area contributed by atoms with Crippen molar-refractivity contribution < 1.29 is 22.7 Å². The Labute approximate surface area is 168 Å². The van der Waals surface area contributed by atoms with Gasteiger partial charge in [-0.05, 0) is 19.1 Å². The van der Waals surface area contributed by atoms with E-state index in [1.165, 1.54) is 23.5 Å². The molecule has 150 valence electrons. The van der Waals surface area contributed by atoms with Crippen LogP contribution >= 0.6 is 23.2 Å². The highest BCUT2D eigenvalue weighted by atomic mass is 35.5. The predicted molar refractivity (Wildman–Crippen MR) is 104 cm³/mol. The van der Waals surface area contributed by atoms with Gasteiger partial charge in [0, 0.05) is 31.2 Å². The summed E-state index contributed by atoms with van der Waals surface area (Å²) < 4.78 is 29.9. The molecule has 0 bridgehead atoms. The summed E-state index contributed by atoms with van der Waals surface area (Å²) in [7, 11) is -2.01. The van der Waals surface area contributed by atoms with Crippen molar-refractivity contribution in [3.63, 3.8) is 0 Å². The van der Waals surface area contributed by atoms with Gasteiger partial charge in [-0.1, -0.05) is 23.2 Å². The summed E-state index contributed by atoms with van der Waals surface area (Å²) in [5.41, 5.74) is 0.187. The number of esters is 1. The molecule has 1 aliphatic heterocycles. The minimum Gasteiger partial charge on any atom is -0.465 e. The van der Waals surface area contributed by atoms with Crippen LogP contribution in [0.4, 0.5) is 5.69 Å². The molecule has 0 radical (unpaired) electrons. The molecule has 0 atom stereocenters. The molecule has 27 heavy (non-hydrogen) atoms. The van der Waals surface area contributed by atoms with Crippen LogP contribution in [-0.2, 0) is 19.6 Å². The van der Waals surface area contributed by atoms with Crippen LogP contribution in [0, 0.1) is 0 Å². The van der Waals surface area contributed by atoms with E-state index in [-0.39, 0.29) is 39.5 Å². The molecule has 1 amide bonds.